The summed E-state index contributed by atoms with van der Waals surface area (Å²) in [6.07, 6.45) is 6.98. The van der Waals surface area contributed by atoms with Crippen molar-refractivity contribution in [3.8, 4) is 0 Å². The van der Waals surface area contributed by atoms with Crippen LogP contribution in [0, 0.1) is 5.41 Å². The molecule has 3 saturated heterocycles. The van der Waals surface area contributed by atoms with Crippen LogP contribution < -0.4 is 4.90 Å². The van der Waals surface area contributed by atoms with Crippen molar-refractivity contribution in [2.75, 3.05) is 57.9 Å². The highest BCUT2D eigenvalue weighted by atomic mass is 16.5. The highest BCUT2D eigenvalue weighted by molar-refractivity contribution is 5.83. The first kappa shape index (κ1) is 16.7. The maximum atomic E-state index is 12.6. The van der Waals surface area contributed by atoms with Crippen molar-refractivity contribution < 1.29 is 9.53 Å². The molecule has 7 heteroatoms. The van der Waals surface area contributed by atoms with Crippen LogP contribution in [-0.4, -0.2) is 78.7 Å². The Kier molecular flexibility index (Phi) is 4.60. The summed E-state index contributed by atoms with van der Waals surface area (Å²) >= 11 is 0. The lowest BCUT2D eigenvalue weighted by molar-refractivity contribution is -0.143. The average Bonchev–Trinajstić information content (AvgIpc) is 3.05. The van der Waals surface area contributed by atoms with Crippen molar-refractivity contribution in [2.45, 2.75) is 25.8 Å². The first-order chi connectivity index (χ1) is 12.2. The number of rotatable bonds is 3. The predicted octanol–water partition coefficient (Wildman–Crippen LogP) is 0.758. The highest BCUT2D eigenvalue weighted by Gasteiger charge is 2.47. The van der Waals surface area contributed by atoms with Gasteiger partial charge in [0.2, 0.25) is 11.9 Å². The number of aromatic nitrogens is 2. The second-order valence-corrected chi connectivity index (χ2v) is 7.56. The SMILES string of the molecule is CN1CCC[C@@]2(CCN(Cc3cnc(N4CCOCC4)nc3)C2)C1=O. The molecule has 1 amide bonds. The second kappa shape index (κ2) is 6.88. The number of ether oxygens (including phenoxy) is 1. The lowest BCUT2D eigenvalue weighted by atomic mass is 9.78. The quantitative estimate of drug-likeness (QED) is 0.806. The number of likely N-dealkylation sites (tertiary alicyclic amines) is 2. The van der Waals surface area contributed by atoms with E-state index in [-0.39, 0.29) is 5.41 Å². The molecular formula is C18H27N5O2. The molecule has 3 aliphatic rings. The van der Waals surface area contributed by atoms with E-state index in [1.54, 1.807) is 0 Å². The molecule has 3 aliphatic heterocycles. The molecule has 25 heavy (non-hydrogen) atoms. The number of carbonyl (C=O) groups is 1. The third-order valence-electron chi connectivity index (χ3n) is 5.77. The first-order valence-electron chi connectivity index (χ1n) is 9.28. The molecular weight excluding hydrogens is 318 g/mol. The zero-order valence-electron chi connectivity index (χ0n) is 15.0. The monoisotopic (exact) mass is 345 g/mol. The number of amides is 1. The van der Waals surface area contributed by atoms with E-state index in [2.05, 4.69) is 19.8 Å². The molecule has 0 saturated carbocycles. The van der Waals surface area contributed by atoms with Crippen molar-refractivity contribution in [1.82, 2.24) is 19.8 Å². The Hall–Kier alpha value is -1.73. The Morgan fingerprint density at radius 3 is 2.64 bits per heavy atom. The number of piperidine rings is 1. The van der Waals surface area contributed by atoms with E-state index in [1.165, 1.54) is 0 Å². The van der Waals surface area contributed by atoms with Gasteiger partial charge in [-0.15, -0.1) is 0 Å². The van der Waals surface area contributed by atoms with E-state index < -0.39 is 0 Å². The van der Waals surface area contributed by atoms with Crippen LogP contribution in [-0.2, 0) is 16.1 Å². The van der Waals surface area contributed by atoms with Gasteiger partial charge in [-0.05, 0) is 25.8 Å². The molecule has 136 valence electrons. The molecule has 4 heterocycles. The molecule has 0 bridgehead atoms. The van der Waals surface area contributed by atoms with Crippen molar-refractivity contribution in [3.63, 3.8) is 0 Å². The molecule has 4 rings (SSSR count). The fraction of sp³-hybridized carbons (Fsp3) is 0.722. The summed E-state index contributed by atoms with van der Waals surface area (Å²) in [4.78, 5) is 28.1. The Labute approximate surface area is 149 Å². The summed E-state index contributed by atoms with van der Waals surface area (Å²) in [7, 11) is 1.93. The van der Waals surface area contributed by atoms with Gasteiger partial charge in [0.25, 0.3) is 0 Å². The van der Waals surface area contributed by atoms with Gasteiger partial charge in [-0.25, -0.2) is 9.97 Å². The van der Waals surface area contributed by atoms with Crippen LogP contribution in [0.4, 0.5) is 5.95 Å². The third-order valence-corrected chi connectivity index (χ3v) is 5.77. The minimum absolute atomic E-state index is 0.151. The average molecular weight is 345 g/mol. The maximum absolute atomic E-state index is 12.6. The number of carbonyl (C=O) groups excluding carboxylic acids is 1. The molecule has 1 aromatic rings. The molecule has 0 radical (unpaired) electrons. The molecule has 0 aliphatic carbocycles. The minimum atomic E-state index is -0.151. The van der Waals surface area contributed by atoms with Crippen molar-refractivity contribution in [1.29, 1.82) is 0 Å². The van der Waals surface area contributed by atoms with Gasteiger partial charge in [-0.2, -0.15) is 0 Å². The molecule has 1 aromatic heterocycles. The second-order valence-electron chi connectivity index (χ2n) is 7.56. The molecule has 1 atom stereocenters. The van der Waals surface area contributed by atoms with E-state index in [9.17, 15) is 4.79 Å². The molecule has 0 aromatic carbocycles. The van der Waals surface area contributed by atoms with E-state index in [4.69, 9.17) is 4.74 Å². The Morgan fingerprint density at radius 1 is 1.12 bits per heavy atom. The maximum Gasteiger partial charge on any atom is 0.229 e. The molecule has 3 fully saturated rings. The lowest BCUT2D eigenvalue weighted by Gasteiger charge is -2.37. The van der Waals surface area contributed by atoms with Crippen LogP contribution in [0.5, 0.6) is 0 Å². The van der Waals surface area contributed by atoms with E-state index in [1.807, 2.05) is 24.3 Å². The van der Waals surface area contributed by atoms with Gasteiger partial charge in [-0.1, -0.05) is 0 Å². The molecule has 0 unspecified atom stereocenters. The van der Waals surface area contributed by atoms with Crippen LogP contribution in [0.25, 0.3) is 0 Å². The lowest BCUT2D eigenvalue weighted by Crippen LogP contribution is -2.48. The summed E-state index contributed by atoms with van der Waals surface area (Å²) in [6.45, 7) is 6.74. The van der Waals surface area contributed by atoms with E-state index >= 15 is 0 Å². The summed E-state index contributed by atoms with van der Waals surface area (Å²) in [5.74, 6) is 1.12. The van der Waals surface area contributed by atoms with E-state index in [0.29, 0.717) is 5.91 Å². The van der Waals surface area contributed by atoms with Crippen LogP contribution in [0.1, 0.15) is 24.8 Å². The number of hydrogen-bond donors (Lipinski definition) is 0. The topological polar surface area (TPSA) is 61.8 Å². The Morgan fingerprint density at radius 2 is 1.88 bits per heavy atom. The summed E-state index contributed by atoms with van der Waals surface area (Å²) < 4.78 is 5.37. The largest absolute Gasteiger partial charge is 0.378 e. The van der Waals surface area contributed by atoms with Gasteiger partial charge in [0.1, 0.15) is 0 Å². The van der Waals surface area contributed by atoms with Gasteiger partial charge in [0.15, 0.2) is 0 Å². The molecule has 7 nitrogen and oxygen atoms in total. The van der Waals surface area contributed by atoms with Gasteiger partial charge in [0.05, 0.1) is 18.6 Å². The third kappa shape index (κ3) is 3.35. The first-order valence-corrected chi connectivity index (χ1v) is 9.28. The van der Waals surface area contributed by atoms with Crippen LogP contribution in [0.15, 0.2) is 12.4 Å². The normalized spacial score (nSPS) is 28.1. The standard InChI is InChI=1S/C18H27N5O2/c1-21-5-2-3-18(16(21)24)4-6-22(14-18)13-15-11-19-17(20-12-15)23-7-9-25-10-8-23/h11-12H,2-10,13-14H2,1H3/t18-/m0/s1. The minimum Gasteiger partial charge on any atom is -0.378 e. The van der Waals surface area contributed by atoms with Crippen molar-refractivity contribution >= 4 is 11.9 Å². The molecule has 1 spiro atoms. The number of morpholine rings is 1. The van der Waals surface area contributed by atoms with Crippen LogP contribution in [0.2, 0.25) is 0 Å². The van der Waals surface area contributed by atoms with Gasteiger partial charge in [0, 0.05) is 57.7 Å². The van der Waals surface area contributed by atoms with E-state index in [0.717, 1.165) is 83.3 Å². The summed E-state index contributed by atoms with van der Waals surface area (Å²) in [6, 6.07) is 0. The van der Waals surface area contributed by atoms with Crippen molar-refractivity contribution in [2.24, 2.45) is 5.41 Å². The Balaban J connectivity index is 1.37. The fourth-order valence-corrected chi connectivity index (χ4v) is 4.35. The van der Waals surface area contributed by atoms with Gasteiger partial charge < -0.3 is 14.5 Å². The van der Waals surface area contributed by atoms with Crippen molar-refractivity contribution in [3.05, 3.63) is 18.0 Å². The number of nitrogens with zero attached hydrogens (tertiary/aromatic N) is 5. The summed E-state index contributed by atoms with van der Waals surface area (Å²) in [5, 5.41) is 0. The van der Waals surface area contributed by atoms with Gasteiger partial charge in [-0.3, -0.25) is 9.69 Å². The fourth-order valence-electron chi connectivity index (χ4n) is 4.35. The smallest absolute Gasteiger partial charge is 0.229 e. The summed E-state index contributed by atoms with van der Waals surface area (Å²) in [5.41, 5.74) is 0.965. The molecule has 0 N–H and O–H groups in total. The zero-order valence-corrected chi connectivity index (χ0v) is 15.0. The zero-order chi connectivity index (χ0) is 17.3. The number of anilines is 1. The predicted molar refractivity (Wildman–Crippen MR) is 94.3 cm³/mol. The van der Waals surface area contributed by atoms with Gasteiger partial charge >= 0.3 is 0 Å². The highest BCUT2D eigenvalue weighted by Crippen LogP contribution is 2.40. The Bertz CT molecular complexity index is 616. The van der Waals surface area contributed by atoms with Crippen LogP contribution >= 0.6 is 0 Å². The number of hydrogen-bond acceptors (Lipinski definition) is 6. The van der Waals surface area contributed by atoms with Crippen LogP contribution in [0.3, 0.4) is 0 Å².